The van der Waals surface area contributed by atoms with Crippen LogP contribution in [0.15, 0.2) is 72.9 Å². The Kier molecular flexibility index (Phi) is 18.9. The molecule has 1 unspecified atom stereocenters. The van der Waals surface area contributed by atoms with Crippen LogP contribution in [0.3, 0.4) is 0 Å². The standard InChI is InChI=1S/C24H35NO3S/c1-2-3-4-5-6-7-8-9-10-11-12-13-14-15-16-17-18-19-20-23(26)25-22(21-29)24(27)28/h3-4,6-7,9-10,12-13,15-16,18-19,22,29H,2,5,8,11,14,17,20-21H2,1H3,(H,25,26)(H,27,28). The van der Waals surface area contributed by atoms with Crippen LogP contribution in [0.5, 0.6) is 0 Å². The van der Waals surface area contributed by atoms with E-state index in [1.165, 1.54) is 0 Å². The summed E-state index contributed by atoms with van der Waals surface area (Å²) < 4.78 is 0. The third-order valence-electron chi connectivity index (χ3n) is 3.72. The molecule has 0 fully saturated rings. The van der Waals surface area contributed by atoms with Crippen LogP contribution in [-0.4, -0.2) is 28.8 Å². The van der Waals surface area contributed by atoms with Crippen molar-refractivity contribution in [2.24, 2.45) is 0 Å². The van der Waals surface area contributed by atoms with E-state index in [1.807, 2.05) is 12.2 Å². The number of carbonyl (C=O) groups excluding carboxylic acids is 1. The average Bonchev–Trinajstić information content (AvgIpc) is 2.70. The normalized spacial score (nSPS) is 13.7. The molecular weight excluding hydrogens is 382 g/mol. The van der Waals surface area contributed by atoms with Gasteiger partial charge in [0.2, 0.25) is 5.91 Å². The van der Waals surface area contributed by atoms with Gasteiger partial charge in [-0.15, -0.1) is 0 Å². The third-order valence-corrected chi connectivity index (χ3v) is 4.08. The molecule has 0 heterocycles. The summed E-state index contributed by atoms with van der Waals surface area (Å²) in [6.07, 6.45) is 30.9. The van der Waals surface area contributed by atoms with Gasteiger partial charge in [0.15, 0.2) is 0 Å². The molecule has 0 aliphatic carbocycles. The van der Waals surface area contributed by atoms with Crippen LogP contribution >= 0.6 is 12.6 Å². The molecule has 0 radical (unpaired) electrons. The van der Waals surface area contributed by atoms with E-state index in [9.17, 15) is 9.59 Å². The zero-order chi connectivity index (χ0) is 21.6. The van der Waals surface area contributed by atoms with Gasteiger partial charge in [0.25, 0.3) is 0 Å². The lowest BCUT2D eigenvalue weighted by Gasteiger charge is -2.10. The molecule has 0 aromatic carbocycles. The molecule has 1 atom stereocenters. The summed E-state index contributed by atoms with van der Waals surface area (Å²) in [5.74, 6) is -1.31. The zero-order valence-corrected chi connectivity index (χ0v) is 18.3. The Balaban J connectivity index is 3.74. The smallest absolute Gasteiger partial charge is 0.327 e. The highest BCUT2D eigenvalue weighted by Gasteiger charge is 2.16. The lowest BCUT2D eigenvalue weighted by molar-refractivity contribution is -0.140. The van der Waals surface area contributed by atoms with E-state index in [-0.39, 0.29) is 18.1 Å². The Bertz CT molecular complexity index is 616. The largest absolute Gasteiger partial charge is 0.480 e. The second-order valence-electron chi connectivity index (χ2n) is 6.26. The fourth-order valence-corrected chi connectivity index (χ4v) is 2.40. The SMILES string of the molecule is CCC=CCC=CCC=CCC=CCC=CCC=CCC(=O)NC(CS)C(=O)O. The van der Waals surface area contributed by atoms with Crippen LogP contribution in [0, 0.1) is 0 Å². The Hall–Kier alpha value is -2.27. The molecule has 2 N–H and O–H groups in total. The first-order valence-electron chi connectivity index (χ1n) is 10.1. The van der Waals surface area contributed by atoms with Crippen LogP contribution in [-0.2, 0) is 9.59 Å². The average molecular weight is 418 g/mol. The number of carboxylic acid groups (broad SMARTS) is 1. The van der Waals surface area contributed by atoms with E-state index in [1.54, 1.807) is 6.08 Å². The van der Waals surface area contributed by atoms with Gasteiger partial charge in [-0.1, -0.05) is 79.8 Å². The Morgan fingerprint density at radius 3 is 1.48 bits per heavy atom. The van der Waals surface area contributed by atoms with Gasteiger partial charge in [-0.3, -0.25) is 4.79 Å². The van der Waals surface area contributed by atoms with Gasteiger partial charge >= 0.3 is 5.97 Å². The minimum absolute atomic E-state index is 0.0742. The van der Waals surface area contributed by atoms with Gasteiger partial charge in [-0.2, -0.15) is 12.6 Å². The lowest BCUT2D eigenvalue weighted by Crippen LogP contribution is -2.41. The highest BCUT2D eigenvalue weighted by molar-refractivity contribution is 7.80. The van der Waals surface area contributed by atoms with E-state index in [0.29, 0.717) is 0 Å². The molecule has 0 saturated carbocycles. The molecule has 1 amide bonds. The maximum atomic E-state index is 11.6. The summed E-state index contributed by atoms with van der Waals surface area (Å²) in [6, 6.07) is -0.940. The Morgan fingerprint density at radius 1 is 0.759 bits per heavy atom. The summed E-state index contributed by atoms with van der Waals surface area (Å²) in [7, 11) is 0. The van der Waals surface area contributed by atoms with Gasteiger partial charge in [-0.05, 0) is 38.5 Å². The monoisotopic (exact) mass is 417 g/mol. The summed E-state index contributed by atoms with van der Waals surface area (Å²) in [5.41, 5.74) is 0. The van der Waals surface area contributed by atoms with Crippen LogP contribution in [0.25, 0.3) is 0 Å². The summed E-state index contributed by atoms with van der Waals surface area (Å²) in [6.45, 7) is 2.14. The Morgan fingerprint density at radius 2 is 1.14 bits per heavy atom. The van der Waals surface area contributed by atoms with Crippen molar-refractivity contribution in [1.82, 2.24) is 5.32 Å². The minimum Gasteiger partial charge on any atom is -0.480 e. The molecule has 0 aliphatic heterocycles. The maximum Gasteiger partial charge on any atom is 0.327 e. The van der Waals surface area contributed by atoms with E-state index in [0.717, 1.165) is 38.5 Å². The van der Waals surface area contributed by atoms with E-state index in [2.05, 4.69) is 79.6 Å². The highest BCUT2D eigenvalue weighted by Crippen LogP contribution is 1.97. The van der Waals surface area contributed by atoms with E-state index >= 15 is 0 Å². The molecule has 29 heavy (non-hydrogen) atoms. The van der Waals surface area contributed by atoms with Crippen LogP contribution in [0.1, 0.15) is 51.9 Å². The number of allylic oxidation sites excluding steroid dienone is 11. The number of carboxylic acids is 1. The van der Waals surface area contributed by atoms with Crippen molar-refractivity contribution in [2.45, 2.75) is 57.9 Å². The molecule has 4 nitrogen and oxygen atoms in total. The molecular formula is C24H35NO3S. The van der Waals surface area contributed by atoms with E-state index < -0.39 is 12.0 Å². The molecule has 5 heteroatoms. The molecule has 0 aliphatic rings. The van der Waals surface area contributed by atoms with Crippen molar-refractivity contribution >= 4 is 24.5 Å². The number of carbonyl (C=O) groups is 2. The fraction of sp³-hybridized carbons (Fsp3) is 0.417. The summed E-state index contributed by atoms with van der Waals surface area (Å²) in [4.78, 5) is 22.4. The van der Waals surface area contributed by atoms with Crippen LogP contribution in [0.4, 0.5) is 0 Å². The number of hydrogen-bond acceptors (Lipinski definition) is 3. The first-order chi connectivity index (χ1) is 14.1. The molecule has 160 valence electrons. The number of amides is 1. The van der Waals surface area contributed by atoms with Gasteiger partial charge in [0.1, 0.15) is 6.04 Å². The lowest BCUT2D eigenvalue weighted by atomic mass is 10.2. The number of thiol groups is 1. The maximum absolute atomic E-state index is 11.6. The number of rotatable bonds is 16. The van der Waals surface area contributed by atoms with Crippen molar-refractivity contribution in [1.29, 1.82) is 0 Å². The van der Waals surface area contributed by atoms with Gasteiger partial charge in [0, 0.05) is 12.2 Å². The van der Waals surface area contributed by atoms with Crippen molar-refractivity contribution in [2.75, 3.05) is 5.75 Å². The first-order valence-corrected chi connectivity index (χ1v) is 10.8. The van der Waals surface area contributed by atoms with Gasteiger partial charge in [-0.25, -0.2) is 4.79 Å². The number of nitrogens with one attached hydrogen (secondary N) is 1. The molecule has 0 rings (SSSR count). The predicted octanol–water partition coefficient (Wildman–Crippen LogP) is 5.57. The molecule has 0 saturated heterocycles. The highest BCUT2D eigenvalue weighted by atomic mass is 32.1. The van der Waals surface area contributed by atoms with Crippen LogP contribution < -0.4 is 5.32 Å². The quantitative estimate of drug-likeness (QED) is 0.227. The van der Waals surface area contributed by atoms with Crippen molar-refractivity contribution in [3.05, 3.63) is 72.9 Å². The Labute approximate surface area is 181 Å². The molecule has 0 aromatic heterocycles. The number of hydrogen-bond donors (Lipinski definition) is 3. The van der Waals surface area contributed by atoms with Crippen molar-refractivity contribution in [3.63, 3.8) is 0 Å². The first kappa shape index (κ1) is 26.7. The molecule has 0 bridgehead atoms. The minimum atomic E-state index is -1.07. The van der Waals surface area contributed by atoms with Crippen LogP contribution in [0.2, 0.25) is 0 Å². The van der Waals surface area contributed by atoms with Gasteiger partial charge < -0.3 is 10.4 Å². The van der Waals surface area contributed by atoms with Crippen molar-refractivity contribution in [3.8, 4) is 0 Å². The van der Waals surface area contributed by atoms with Crippen molar-refractivity contribution < 1.29 is 14.7 Å². The zero-order valence-electron chi connectivity index (χ0n) is 17.4. The second-order valence-corrected chi connectivity index (χ2v) is 6.63. The van der Waals surface area contributed by atoms with Gasteiger partial charge in [0.05, 0.1) is 0 Å². The number of aliphatic carboxylic acids is 1. The fourth-order valence-electron chi connectivity index (χ4n) is 2.15. The summed E-state index contributed by atoms with van der Waals surface area (Å²) in [5, 5.41) is 11.3. The molecule has 0 spiro atoms. The molecule has 0 aromatic rings. The second kappa shape index (κ2) is 20.5. The summed E-state index contributed by atoms with van der Waals surface area (Å²) >= 11 is 3.90. The third kappa shape index (κ3) is 18.8. The topological polar surface area (TPSA) is 66.4 Å². The predicted molar refractivity (Wildman–Crippen MR) is 126 cm³/mol. The van der Waals surface area contributed by atoms with E-state index in [4.69, 9.17) is 5.11 Å².